The highest BCUT2D eigenvalue weighted by atomic mass is 16.8. The van der Waals surface area contributed by atoms with Crippen LogP contribution in [0.3, 0.4) is 0 Å². The lowest BCUT2D eigenvalue weighted by atomic mass is 10.00. The molecule has 2 fully saturated rings. The Balaban J connectivity index is 1.24. The number of hydrogen-bond acceptors (Lipinski definition) is 5. The zero-order valence-corrected chi connectivity index (χ0v) is 20.0. The molecule has 2 bridgehead atoms. The highest BCUT2D eigenvalue weighted by Crippen LogP contribution is 2.34. The molecule has 0 aromatic heterocycles. The lowest BCUT2D eigenvalue weighted by Crippen LogP contribution is -2.57. The Hall–Kier alpha value is -2.54. The Bertz CT molecular complexity index is 938. The summed E-state index contributed by atoms with van der Waals surface area (Å²) in [6.07, 6.45) is 1.09. The number of ether oxygens (including phenoxy) is 5. The lowest BCUT2D eigenvalue weighted by Gasteiger charge is -2.40. The van der Waals surface area contributed by atoms with E-state index in [-0.39, 0.29) is 24.4 Å². The first-order valence-corrected chi connectivity index (χ1v) is 12.6. The van der Waals surface area contributed by atoms with Gasteiger partial charge in [-0.15, -0.1) is 0 Å². The van der Waals surface area contributed by atoms with E-state index in [1.807, 2.05) is 18.2 Å². The highest BCUT2D eigenvalue weighted by Gasteiger charge is 2.52. The fourth-order valence-electron chi connectivity index (χ4n) is 4.78. The Kier molecular flexibility index (Phi) is 8.58. The molecule has 0 saturated carbocycles. The summed E-state index contributed by atoms with van der Waals surface area (Å²) in [6, 6.07) is 31.2. The van der Waals surface area contributed by atoms with Crippen LogP contribution in [0, 0.1) is 0 Å². The van der Waals surface area contributed by atoms with Gasteiger partial charge >= 0.3 is 0 Å². The van der Waals surface area contributed by atoms with E-state index in [2.05, 4.69) is 72.8 Å². The van der Waals surface area contributed by atoms with Crippen molar-refractivity contribution < 1.29 is 23.7 Å². The lowest BCUT2D eigenvalue weighted by molar-refractivity contribution is -0.261. The smallest absolute Gasteiger partial charge is 0.187 e. The minimum absolute atomic E-state index is 0.147. The molecule has 5 heteroatoms. The van der Waals surface area contributed by atoms with Crippen molar-refractivity contribution >= 4 is 0 Å². The third-order valence-electron chi connectivity index (χ3n) is 6.65. The summed E-state index contributed by atoms with van der Waals surface area (Å²) in [4.78, 5) is 0. The first kappa shape index (κ1) is 24.2. The molecule has 35 heavy (non-hydrogen) atoms. The molecule has 3 aromatic rings. The molecule has 0 aliphatic carbocycles. The van der Waals surface area contributed by atoms with E-state index >= 15 is 0 Å². The summed E-state index contributed by atoms with van der Waals surface area (Å²) in [5.41, 5.74) is 3.75. The average molecular weight is 475 g/mol. The monoisotopic (exact) mass is 474 g/mol. The van der Waals surface area contributed by atoms with E-state index in [9.17, 15) is 0 Å². The molecule has 0 radical (unpaired) electrons. The summed E-state index contributed by atoms with van der Waals surface area (Å²) in [5.74, 6) is 0. The van der Waals surface area contributed by atoms with Crippen molar-refractivity contribution in [1.29, 1.82) is 0 Å². The van der Waals surface area contributed by atoms with E-state index in [1.54, 1.807) is 0 Å². The van der Waals surface area contributed by atoms with Crippen LogP contribution in [0.2, 0.25) is 0 Å². The molecular weight excluding hydrogens is 440 g/mol. The molecule has 5 nitrogen and oxygen atoms in total. The fourth-order valence-corrected chi connectivity index (χ4v) is 4.78. The molecule has 2 heterocycles. The number of rotatable bonds is 12. The third-order valence-corrected chi connectivity index (χ3v) is 6.65. The van der Waals surface area contributed by atoms with Crippen molar-refractivity contribution in [1.82, 2.24) is 0 Å². The van der Waals surface area contributed by atoms with Crippen LogP contribution < -0.4 is 0 Å². The summed E-state index contributed by atoms with van der Waals surface area (Å²) in [7, 11) is 0. The number of fused-ring (bicyclic) bond motifs is 2. The maximum Gasteiger partial charge on any atom is 0.187 e. The zero-order valence-electron chi connectivity index (χ0n) is 20.0. The van der Waals surface area contributed by atoms with Gasteiger partial charge in [-0.05, 0) is 36.0 Å². The van der Waals surface area contributed by atoms with Crippen LogP contribution in [0.5, 0.6) is 0 Å². The summed E-state index contributed by atoms with van der Waals surface area (Å²) < 4.78 is 31.4. The van der Waals surface area contributed by atoms with Crippen molar-refractivity contribution in [2.24, 2.45) is 0 Å². The van der Waals surface area contributed by atoms with Crippen molar-refractivity contribution in [2.75, 3.05) is 26.4 Å². The molecule has 5 atom stereocenters. The molecule has 5 unspecified atom stereocenters. The predicted octanol–water partition coefficient (Wildman–Crippen LogP) is 4.63. The van der Waals surface area contributed by atoms with Gasteiger partial charge in [0.15, 0.2) is 6.29 Å². The van der Waals surface area contributed by atoms with Crippen LogP contribution in [-0.2, 0) is 42.9 Å². The van der Waals surface area contributed by atoms with Crippen LogP contribution in [-0.4, -0.2) is 57.1 Å². The van der Waals surface area contributed by atoms with E-state index in [4.69, 9.17) is 23.7 Å². The van der Waals surface area contributed by atoms with Gasteiger partial charge in [0.25, 0.3) is 0 Å². The Morgan fingerprint density at radius 1 is 0.543 bits per heavy atom. The largest absolute Gasteiger partial charge is 0.372 e. The number of hydrogen-bond donors (Lipinski definition) is 0. The van der Waals surface area contributed by atoms with Crippen molar-refractivity contribution in [2.45, 2.75) is 50.0 Å². The topological polar surface area (TPSA) is 46.2 Å². The van der Waals surface area contributed by atoms with Crippen molar-refractivity contribution in [3.63, 3.8) is 0 Å². The van der Waals surface area contributed by atoms with Crippen molar-refractivity contribution in [3.8, 4) is 0 Å². The Labute approximate surface area is 207 Å². The fraction of sp³-hybridized carbons (Fsp3) is 0.400. The molecule has 0 N–H and O–H groups in total. The second-order valence-electron chi connectivity index (χ2n) is 9.09. The van der Waals surface area contributed by atoms with Gasteiger partial charge in [-0.3, -0.25) is 0 Å². The molecular formula is C30H34O5. The van der Waals surface area contributed by atoms with Gasteiger partial charge < -0.3 is 23.7 Å². The van der Waals surface area contributed by atoms with Crippen LogP contribution in [0.25, 0.3) is 0 Å². The van der Waals surface area contributed by atoms with Crippen LogP contribution in [0.4, 0.5) is 0 Å². The van der Waals surface area contributed by atoms with Gasteiger partial charge in [-0.2, -0.15) is 0 Å². The standard InChI is InChI=1S/C30H34O5/c1-4-10-23(11-5-1)16-19-31-27-26-22-34-30(35-26)29(33-21-18-25-14-8-3-9-15-25)28(27)32-20-17-24-12-6-2-7-13-24/h1-15,26-30H,16-22H2. The van der Waals surface area contributed by atoms with Crippen molar-refractivity contribution in [3.05, 3.63) is 108 Å². The van der Waals surface area contributed by atoms with Crippen LogP contribution in [0.15, 0.2) is 91.0 Å². The predicted molar refractivity (Wildman–Crippen MR) is 134 cm³/mol. The van der Waals surface area contributed by atoms with E-state index < -0.39 is 6.29 Å². The molecule has 5 rings (SSSR count). The summed E-state index contributed by atoms with van der Waals surface area (Å²) in [5, 5.41) is 0. The van der Waals surface area contributed by atoms with E-state index in [0.29, 0.717) is 26.4 Å². The molecule has 184 valence electrons. The average Bonchev–Trinajstić information content (AvgIpc) is 3.35. The minimum atomic E-state index is -0.425. The highest BCUT2D eigenvalue weighted by molar-refractivity contribution is 5.16. The summed E-state index contributed by atoms with van der Waals surface area (Å²) in [6.45, 7) is 2.25. The Morgan fingerprint density at radius 3 is 1.46 bits per heavy atom. The van der Waals surface area contributed by atoms with Gasteiger partial charge in [0.1, 0.15) is 24.4 Å². The molecule has 3 aromatic carbocycles. The molecule has 2 aliphatic heterocycles. The van der Waals surface area contributed by atoms with Gasteiger partial charge in [-0.25, -0.2) is 0 Å². The van der Waals surface area contributed by atoms with Gasteiger partial charge in [-0.1, -0.05) is 91.0 Å². The number of benzene rings is 3. The third kappa shape index (κ3) is 6.57. The normalized spacial score (nSPS) is 25.5. The van der Waals surface area contributed by atoms with Crippen LogP contribution >= 0.6 is 0 Å². The van der Waals surface area contributed by atoms with Crippen LogP contribution in [0.1, 0.15) is 16.7 Å². The zero-order chi connectivity index (χ0) is 23.7. The quantitative estimate of drug-likeness (QED) is 0.383. The summed E-state index contributed by atoms with van der Waals surface area (Å²) >= 11 is 0. The Morgan fingerprint density at radius 2 is 0.971 bits per heavy atom. The molecule has 0 spiro atoms. The molecule has 0 amide bonds. The maximum absolute atomic E-state index is 6.49. The molecule has 2 saturated heterocycles. The van der Waals surface area contributed by atoms with Gasteiger partial charge in [0, 0.05) is 0 Å². The second kappa shape index (κ2) is 12.4. The van der Waals surface area contributed by atoms with Gasteiger partial charge in [0.05, 0.1) is 26.4 Å². The van der Waals surface area contributed by atoms with Gasteiger partial charge in [0.2, 0.25) is 0 Å². The first-order chi connectivity index (χ1) is 17.4. The van der Waals surface area contributed by atoms with E-state index in [1.165, 1.54) is 16.7 Å². The minimum Gasteiger partial charge on any atom is -0.372 e. The molecule has 2 aliphatic rings. The first-order valence-electron chi connectivity index (χ1n) is 12.6. The second-order valence-corrected chi connectivity index (χ2v) is 9.09. The SMILES string of the molecule is c1ccc(CCOC2C3COC(O3)C(OCCc3ccccc3)C2OCCc2ccccc2)cc1. The maximum atomic E-state index is 6.49. The van der Waals surface area contributed by atoms with E-state index in [0.717, 1.165) is 19.3 Å².